The molecule has 0 aliphatic heterocycles. The first-order chi connectivity index (χ1) is 9.90. The molecule has 4 unspecified atom stereocenters. The molecule has 0 heterocycles. The Labute approximate surface area is 130 Å². The van der Waals surface area contributed by atoms with Crippen LogP contribution in [0.2, 0.25) is 0 Å². The Morgan fingerprint density at radius 1 is 1.10 bits per heavy atom. The van der Waals surface area contributed by atoms with Gasteiger partial charge in [-0.05, 0) is 74.8 Å². The second-order valence-electron chi connectivity index (χ2n) is 7.34. The van der Waals surface area contributed by atoms with Crippen LogP contribution < -0.4 is 10.2 Å². The van der Waals surface area contributed by atoms with Gasteiger partial charge in [0.2, 0.25) is 0 Å². The molecule has 1 saturated carbocycles. The number of hydrogen-bond acceptors (Lipinski definition) is 2. The average molecular weight is 288 g/mol. The molecule has 1 aliphatic rings. The fourth-order valence-corrected chi connectivity index (χ4v) is 4.14. The molecule has 21 heavy (non-hydrogen) atoms. The topological polar surface area (TPSA) is 15.3 Å². The van der Waals surface area contributed by atoms with Gasteiger partial charge in [-0.25, -0.2) is 0 Å². The van der Waals surface area contributed by atoms with Crippen molar-refractivity contribution >= 4 is 5.69 Å². The summed E-state index contributed by atoms with van der Waals surface area (Å²) >= 11 is 0. The van der Waals surface area contributed by atoms with Crippen molar-refractivity contribution in [2.45, 2.75) is 46.6 Å². The van der Waals surface area contributed by atoms with Crippen LogP contribution in [0.15, 0.2) is 18.2 Å². The van der Waals surface area contributed by atoms with Crippen LogP contribution in [0.3, 0.4) is 0 Å². The van der Waals surface area contributed by atoms with E-state index in [4.69, 9.17) is 0 Å². The van der Waals surface area contributed by atoms with Crippen LogP contribution in [-0.2, 0) is 0 Å². The van der Waals surface area contributed by atoms with Crippen LogP contribution in [0.25, 0.3) is 0 Å². The predicted octanol–water partition coefficient (Wildman–Crippen LogP) is 4.01. The summed E-state index contributed by atoms with van der Waals surface area (Å²) in [5.74, 6) is 2.37. The highest BCUT2D eigenvalue weighted by Crippen LogP contribution is 2.34. The van der Waals surface area contributed by atoms with E-state index in [1.165, 1.54) is 29.7 Å². The molecule has 0 saturated heterocycles. The third-order valence-corrected chi connectivity index (χ3v) is 5.18. The summed E-state index contributed by atoms with van der Waals surface area (Å²) in [4.78, 5) is 2.45. The van der Waals surface area contributed by atoms with Gasteiger partial charge in [-0.2, -0.15) is 0 Å². The zero-order valence-corrected chi connectivity index (χ0v) is 14.6. The highest BCUT2D eigenvalue weighted by atomic mass is 15.1. The minimum absolute atomic E-state index is 0.650. The van der Waals surface area contributed by atoms with Crippen LogP contribution in [-0.4, -0.2) is 26.7 Å². The number of benzene rings is 1. The van der Waals surface area contributed by atoms with Gasteiger partial charge in [0.05, 0.1) is 0 Å². The number of rotatable bonds is 4. The van der Waals surface area contributed by atoms with E-state index in [2.05, 4.69) is 70.2 Å². The second kappa shape index (κ2) is 6.83. The molecule has 1 fully saturated rings. The molecule has 1 N–H and O–H groups in total. The highest BCUT2D eigenvalue weighted by Gasteiger charge is 2.33. The molecule has 0 amide bonds. The van der Waals surface area contributed by atoms with E-state index in [0.717, 1.165) is 24.3 Å². The van der Waals surface area contributed by atoms with Gasteiger partial charge in [0.1, 0.15) is 0 Å². The van der Waals surface area contributed by atoms with E-state index in [1.807, 2.05) is 0 Å². The third kappa shape index (κ3) is 4.00. The molecule has 1 aromatic carbocycles. The van der Waals surface area contributed by atoms with Gasteiger partial charge >= 0.3 is 0 Å². The van der Waals surface area contributed by atoms with E-state index in [9.17, 15) is 0 Å². The van der Waals surface area contributed by atoms with Gasteiger partial charge in [0, 0.05) is 25.3 Å². The predicted molar refractivity (Wildman–Crippen MR) is 93.1 cm³/mol. The van der Waals surface area contributed by atoms with Crippen LogP contribution >= 0.6 is 0 Å². The molecule has 1 aromatic rings. The first kappa shape index (κ1) is 16.4. The molecular weight excluding hydrogens is 256 g/mol. The van der Waals surface area contributed by atoms with Crippen LogP contribution in [0.5, 0.6) is 0 Å². The normalized spacial score (nSPS) is 29.4. The lowest BCUT2D eigenvalue weighted by Gasteiger charge is -2.41. The first-order valence-corrected chi connectivity index (χ1v) is 8.37. The molecule has 118 valence electrons. The smallest absolute Gasteiger partial charge is 0.0369 e. The SMILES string of the molecule is CNC1CC(C)CC(C)C1CN(C)c1cc(C)cc(C)c1. The van der Waals surface area contributed by atoms with E-state index in [0.29, 0.717) is 6.04 Å². The van der Waals surface area contributed by atoms with Crippen LogP contribution in [0, 0.1) is 31.6 Å². The number of hydrogen-bond donors (Lipinski definition) is 1. The molecular formula is C19H32N2. The summed E-state index contributed by atoms with van der Waals surface area (Å²) in [5, 5.41) is 3.57. The monoisotopic (exact) mass is 288 g/mol. The first-order valence-electron chi connectivity index (χ1n) is 8.37. The minimum atomic E-state index is 0.650. The summed E-state index contributed by atoms with van der Waals surface area (Å²) in [6, 6.07) is 7.50. The third-order valence-electron chi connectivity index (χ3n) is 5.18. The van der Waals surface area contributed by atoms with Gasteiger partial charge in [-0.1, -0.05) is 19.9 Å². The van der Waals surface area contributed by atoms with Crippen LogP contribution in [0.4, 0.5) is 5.69 Å². The van der Waals surface area contributed by atoms with E-state index in [1.54, 1.807) is 0 Å². The van der Waals surface area contributed by atoms with Crippen molar-refractivity contribution in [3.05, 3.63) is 29.3 Å². The van der Waals surface area contributed by atoms with Crippen LogP contribution in [0.1, 0.15) is 37.8 Å². The molecule has 2 nitrogen and oxygen atoms in total. The Morgan fingerprint density at radius 2 is 1.71 bits per heavy atom. The Bertz CT molecular complexity index is 448. The molecule has 1 aliphatic carbocycles. The van der Waals surface area contributed by atoms with Gasteiger partial charge in [0.15, 0.2) is 0 Å². The van der Waals surface area contributed by atoms with E-state index in [-0.39, 0.29) is 0 Å². The minimum Gasteiger partial charge on any atom is -0.374 e. The maximum atomic E-state index is 3.57. The summed E-state index contributed by atoms with van der Waals surface area (Å²) in [5.41, 5.74) is 4.06. The van der Waals surface area contributed by atoms with Crippen molar-refractivity contribution in [2.24, 2.45) is 17.8 Å². The average Bonchev–Trinajstić information content (AvgIpc) is 2.40. The number of anilines is 1. The molecule has 0 aromatic heterocycles. The molecule has 2 heteroatoms. The standard InChI is InChI=1S/C19H32N2/c1-13-7-14(2)10-17(9-13)21(6)12-18-16(4)8-15(3)11-19(18)20-5/h7,9-10,15-16,18-20H,8,11-12H2,1-6H3. The zero-order chi connectivity index (χ0) is 15.6. The van der Waals surface area contributed by atoms with Gasteiger partial charge < -0.3 is 10.2 Å². The van der Waals surface area contributed by atoms with Crippen molar-refractivity contribution in [3.8, 4) is 0 Å². The summed E-state index contributed by atoms with van der Waals surface area (Å²) < 4.78 is 0. The lowest BCUT2D eigenvalue weighted by molar-refractivity contribution is 0.158. The van der Waals surface area contributed by atoms with Crippen molar-refractivity contribution in [1.82, 2.24) is 5.32 Å². The van der Waals surface area contributed by atoms with E-state index < -0.39 is 0 Å². The fourth-order valence-electron chi connectivity index (χ4n) is 4.14. The van der Waals surface area contributed by atoms with Gasteiger partial charge in [-0.3, -0.25) is 0 Å². The Hall–Kier alpha value is -1.02. The van der Waals surface area contributed by atoms with Crippen molar-refractivity contribution < 1.29 is 0 Å². The zero-order valence-electron chi connectivity index (χ0n) is 14.6. The maximum Gasteiger partial charge on any atom is 0.0369 e. The molecule has 0 bridgehead atoms. The van der Waals surface area contributed by atoms with Gasteiger partial charge in [-0.15, -0.1) is 0 Å². The van der Waals surface area contributed by atoms with Crippen molar-refractivity contribution in [2.75, 3.05) is 25.5 Å². The Balaban J connectivity index is 2.11. The Kier molecular flexibility index (Phi) is 5.32. The largest absolute Gasteiger partial charge is 0.374 e. The lowest BCUT2D eigenvalue weighted by Crippen LogP contribution is -2.47. The summed E-state index contributed by atoms with van der Waals surface area (Å²) in [7, 11) is 4.37. The molecule has 0 radical (unpaired) electrons. The second-order valence-corrected chi connectivity index (χ2v) is 7.34. The van der Waals surface area contributed by atoms with Crippen molar-refractivity contribution in [1.29, 1.82) is 0 Å². The Morgan fingerprint density at radius 3 is 2.29 bits per heavy atom. The highest BCUT2D eigenvalue weighted by molar-refractivity contribution is 5.50. The summed E-state index contributed by atoms with van der Waals surface area (Å²) in [6.07, 6.45) is 2.68. The lowest BCUT2D eigenvalue weighted by atomic mass is 9.72. The van der Waals surface area contributed by atoms with Crippen molar-refractivity contribution in [3.63, 3.8) is 0 Å². The van der Waals surface area contributed by atoms with E-state index >= 15 is 0 Å². The summed E-state index contributed by atoms with van der Waals surface area (Å²) in [6.45, 7) is 10.3. The molecule has 2 rings (SSSR count). The number of nitrogens with zero attached hydrogens (tertiary/aromatic N) is 1. The quantitative estimate of drug-likeness (QED) is 0.900. The van der Waals surface area contributed by atoms with Gasteiger partial charge in [0.25, 0.3) is 0 Å². The number of aryl methyl sites for hydroxylation is 2. The fraction of sp³-hybridized carbons (Fsp3) is 0.684. The maximum absolute atomic E-state index is 3.57. The molecule has 4 atom stereocenters. The molecule has 0 spiro atoms. The number of nitrogens with one attached hydrogen (secondary N) is 1.